The molecule has 3 rings (SSSR count). The van der Waals surface area contributed by atoms with Crippen LogP contribution < -0.4 is 11.3 Å². The standard InChI is InChI=1S/C13H9FN6O3/c14-5-1-2-8-6(3-5)10(13(23)16-8)18-20-12(22)9-4-7(15)11(21)19-17-9/h1-4,16,23H,(H2,15,17)(H,19,21). The van der Waals surface area contributed by atoms with Crippen LogP contribution in [-0.4, -0.2) is 26.2 Å². The molecule has 23 heavy (non-hydrogen) atoms. The van der Waals surface area contributed by atoms with E-state index in [1.165, 1.54) is 12.1 Å². The van der Waals surface area contributed by atoms with E-state index in [-0.39, 0.29) is 28.3 Å². The smallest absolute Gasteiger partial charge is 0.315 e. The Hall–Kier alpha value is -3.56. The van der Waals surface area contributed by atoms with Gasteiger partial charge in [0.05, 0.1) is 5.52 Å². The van der Waals surface area contributed by atoms with Crippen molar-refractivity contribution in [2.75, 3.05) is 5.73 Å². The van der Waals surface area contributed by atoms with Gasteiger partial charge in [0.1, 0.15) is 11.5 Å². The highest BCUT2D eigenvalue weighted by molar-refractivity contribution is 5.96. The number of azo groups is 1. The van der Waals surface area contributed by atoms with E-state index in [0.717, 1.165) is 12.1 Å². The molecule has 0 aliphatic carbocycles. The van der Waals surface area contributed by atoms with Crippen LogP contribution in [0.2, 0.25) is 0 Å². The molecule has 3 aromatic rings. The van der Waals surface area contributed by atoms with Crippen LogP contribution >= 0.6 is 0 Å². The number of aromatic hydroxyl groups is 1. The molecule has 5 N–H and O–H groups in total. The Kier molecular flexibility index (Phi) is 3.33. The van der Waals surface area contributed by atoms with Crippen molar-refractivity contribution in [1.82, 2.24) is 15.2 Å². The van der Waals surface area contributed by atoms with Crippen LogP contribution in [0.1, 0.15) is 10.5 Å². The zero-order valence-electron chi connectivity index (χ0n) is 11.4. The Bertz CT molecular complexity index is 1010. The van der Waals surface area contributed by atoms with Crippen molar-refractivity contribution in [2.24, 2.45) is 10.2 Å². The molecule has 0 spiro atoms. The first kappa shape index (κ1) is 14.4. The Morgan fingerprint density at radius 1 is 1.35 bits per heavy atom. The van der Waals surface area contributed by atoms with E-state index in [2.05, 4.69) is 20.3 Å². The Labute approximate surface area is 126 Å². The number of nitrogens with one attached hydrogen (secondary N) is 2. The molecule has 0 bridgehead atoms. The van der Waals surface area contributed by atoms with Crippen molar-refractivity contribution < 1.29 is 14.3 Å². The number of benzene rings is 1. The summed E-state index contributed by atoms with van der Waals surface area (Å²) in [7, 11) is 0. The lowest BCUT2D eigenvalue weighted by Gasteiger charge is -1.95. The number of carbonyl (C=O) groups excluding carboxylic acids is 1. The first-order valence-electron chi connectivity index (χ1n) is 6.27. The van der Waals surface area contributed by atoms with Gasteiger partial charge >= 0.3 is 5.91 Å². The number of halogens is 1. The second-order valence-electron chi connectivity index (χ2n) is 4.55. The van der Waals surface area contributed by atoms with Gasteiger partial charge < -0.3 is 15.8 Å². The number of nitrogens with zero attached hydrogens (tertiary/aromatic N) is 3. The van der Waals surface area contributed by atoms with E-state index in [1.807, 2.05) is 5.10 Å². The SMILES string of the molecule is Nc1cc(C(=O)N=Nc2c(O)[nH]c3ccc(F)cc23)n[nH]c1=O. The second-order valence-corrected chi connectivity index (χ2v) is 4.55. The highest BCUT2D eigenvalue weighted by Crippen LogP contribution is 2.35. The first-order valence-corrected chi connectivity index (χ1v) is 6.27. The fourth-order valence-corrected chi connectivity index (χ4v) is 1.91. The van der Waals surface area contributed by atoms with Crippen LogP contribution in [0.25, 0.3) is 10.9 Å². The van der Waals surface area contributed by atoms with Crippen LogP contribution in [0.3, 0.4) is 0 Å². The molecule has 0 saturated heterocycles. The van der Waals surface area contributed by atoms with E-state index < -0.39 is 17.3 Å². The molecule has 1 aromatic carbocycles. The molecular weight excluding hydrogens is 307 g/mol. The number of rotatable bonds is 2. The Morgan fingerprint density at radius 3 is 2.87 bits per heavy atom. The third-order valence-electron chi connectivity index (χ3n) is 3.01. The molecule has 9 nitrogen and oxygen atoms in total. The number of anilines is 1. The predicted molar refractivity (Wildman–Crippen MR) is 78.0 cm³/mol. The molecular formula is C13H9FN6O3. The summed E-state index contributed by atoms with van der Waals surface area (Å²) in [6, 6.07) is 4.81. The summed E-state index contributed by atoms with van der Waals surface area (Å²) >= 11 is 0. The Balaban J connectivity index is 1.97. The lowest BCUT2D eigenvalue weighted by atomic mass is 10.2. The van der Waals surface area contributed by atoms with Crippen molar-refractivity contribution in [3.8, 4) is 5.88 Å². The minimum absolute atomic E-state index is 0.0924. The maximum absolute atomic E-state index is 13.3. The lowest BCUT2D eigenvalue weighted by Crippen LogP contribution is -2.16. The van der Waals surface area contributed by atoms with Crippen LogP contribution in [-0.2, 0) is 0 Å². The quantitative estimate of drug-likeness (QED) is 0.529. The number of H-pyrrole nitrogens is 2. The summed E-state index contributed by atoms with van der Waals surface area (Å²) in [6.07, 6.45) is 0. The minimum Gasteiger partial charge on any atom is -0.493 e. The molecule has 0 saturated carbocycles. The third kappa shape index (κ3) is 2.64. The molecule has 1 amide bonds. The summed E-state index contributed by atoms with van der Waals surface area (Å²) in [6.45, 7) is 0. The van der Waals surface area contributed by atoms with Crippen molar-refractivity contribution >= 4 is 28.2 Å². The van der Waals surface area contributed by atoms with E-state index >= 15 is 0 Å². The molecule has 10 heteroatoms. The number of aromatic nitrogens is 3. The van der Waals surface area contributed by atoms with Gasteiger partial charge in [-0.25, -0.2) is 9.49 Å². The first-order chi connectivity index (χ1) is 11.0. The molecule has 2 heterocycles. The number of fused-ring (bicyclic) bond motifs is 1. The summed E-state index contributed by atoms with van der Waals surface area (Å²) in [5.41, 5.74) is 4.64. The van der Waals surface area contributed by atoms with Crippen molar-refractivity contribution in [1.29, 1.82) is 0 Å². The van der Waals surface area contributed by atoms with Crippen LogP contribution in [0.5, 0.6) is 5.88 Å². The number of aromatic amines is 2. The maximum Gasteiger partial charge on any atom is 0.315 e. The average Bonchev–Trinajstić information content (AvgIpc) is 2.82. The van der Waals surface area contributed by atoms with E-state index in [4.69, 9.17) is 5.73 Å². The summed E-state index contributed by atoms with van der Waals surface area (Å²) in [5, 5.41) is 22.5. The highest BCUT2D eigenvalue weighted by Gasteiger charge is 2.13. The molecule has 0 aliphatic rings. The van der Waals surface area contributed by atoms with E-state index in [1.54, 1.807) is 0 Å². The largest absolute Gasteiger partial charge is 0.493 e. The second kappa shape index (κ2) is 5.33. The number of nitrogen functional groups attached to an aromatic ring is 1. The molecule has 0 fully saturated rings. The number of hydrogen-bond donors (Lipinski definition) is 4. The normalized spacial score (nSPS) is 11.3. The molecule has 116 valence electrons. The van der Waals surface area contributed by atoms with E-state index in [9.17, 15) is 19.1 Å². The maximum atomic E-state index is 13.3. The van der Waals surface area contributed by atoms with Gasteiger partial charge in [-0.05, 0) is 18.2 Å². The van der Waals surface area contributed by atoms with Gasteiger partial charge in [-0.15, -0.1) is 10.2 Å². The van der Waals surface area contributed by atoms with Gasteiger partial charge in [-0.1, -0.05) is 0 Å². The average molecular weight is 316 g/mol. The van der Waals surface area contributed by atoms with Gasteiger partial charge in [0.2, 0.25) is 5.88 Å². The van der Waals surface area contributed by atoms with Gasteiger partial charge in [-0.3, -0.25) is 9.59 Å². The molecule has 0 radical (unpaired) electrons. The number of carbonyl (C=O) groups is 1. The summed E-state index contributed by atoms with van der Waals surface area (Å²) in [4.78, 5) is 25.5. The van der Waals surface area contributed by atoms with Gasteiger partial charge in [-0.2, -0.15) is 5.10 Å². The molecule has 2 aromatic heterocycles. The van der Waals surface area contributed by atoms with Gasteiger partial charge in [0.25, 0.3) is 5.56 Å². The fourth-order valence-electron chi connectivity index (χ4n) is 1.91. The summed E-state index contributed by atoms with van der Waals surface area (Å²) in [5.74, 6) is -1.79. The number of amides is 1. The number of hydrogen-bond acceptors (Lipinski definition) is 6. The van der Waals surface area contributed by atoms with Crippen molar-refractivity contribution in [3.05, 3.63) is 46.1 Å². The molecule has 0 unspecified atom stereocenters. The minimum atomic E-state index is -0.891. The van der Waals surface area contributed by atoms with Crippen LogP contribution in [0.4, 0.5) is 15.8 Å². The molecule has 0 atom stereocenters. The monoisotopic (exact) mass is 316 g/mol. The van der Waals surface area contributed by atoms with Gasteiger partial charge in [0.15, 0.2) is 11.4 Å². The highest BCUT2D eigenvalue weighted by atomic mass is 19.1. The van der Waals surface area contributed by atoms with E-state index in [0.29, 0.717) is 5.52 Å². The number of nitrogens with two attached hydrogens (primary N) is 1. The topological polar surface area (TPSA) is 150 Å². The van der Waals surface area contributed by atoms with Crippen LogP contribution in [0.15, 0.2) is 39.3 Å². The van der Waals surface area contributed by atoms with Gasteiger partial charge in [0, 0.05) is 11.5 Å². The van der Waals surface area contributed by atoms with Crippen LogP contribution in [0, 0.1) is 5.82 Å². The zero-order chi connectivity index (χ0) is 16.6. The fraction of sp³-hybridized carbons (Fsp3) is 0. The zero-order valence-corrected chi connectivity index (χ0v) is 11.4. The predicted octanol–water partition coefficient (Wildman–Crippen LogP) is 1.60. The van der Waals surface area contributed by atoms with Crippen molar-refractivity contribution in [2.45, 2.75) is 0 Å². The van der Waals surface area contributed by atoms with Crippen molar-refractivity contribution in [3.63, 3.8) is 0 Å². The lowest BCUT2D eigenvalue weighted by molar-refractivity contribution is 0.0989. The summed E-state index contributed by atoms with van der Waals surface area (Å²) < 4.78 is 13.3. The third-order valence-corrected chi connectivity index (χ3v) is 3.01. The molecule has 0 aliphatic heterocycles. The Morgan fingerprint density at radius 2 is 2.13 bits per heavy atom.